The number of carbonyl (C=O) groups excluding carboxylic acids is 1. The Kier molecular flexibility index (Phi) is 7.24. The van der Waals surface area contributed by atoms with Gasteiger partial charge in [0.2, 0.25) is 5.91 Å². The van der Waals surface area contributed by atoms with Crippen LogP contribution in [0.3, 0.4) is 0 Å². The lowest BCUT2D eigenvalue weighted by Gasteiger charge is -2.12. The molecule has 0 spiro atoms. The molecule has 0 aliphatic carbocycles. The van der Waals surface area contributed by atoms with Crippen molar-refractivity contribution in [2.24, 2.45) is 5.92 Å². The summed E-state index contributed by atoms with van der Waals surface area (Å²) in [5.41, 5.74) is 1.20. The van der Waals surface area contributed by atoms with E-state index in [9.17, 15) is 4.79 Å². The Bertz CT molecular complexity index is 751. The number of anilines is 2. The highest BCUT2D eigenvalue weighted by Crippen LogP contribution is 2.32. The second kappa shape index (κ2) is 9.18. The molecule has 0 atom stereocenters. The third-order valence-corrected chi connectivity index (χ3v) is 4.19. The van der Waals surface area contributed by atoms with Gasteiger partial charge in [0.25, 0.3) is 0 Å². The number of hydrogen-bond acceptors (Lipinski definition) is 3. The lowest BCUT2D eigenvalue weighted by molar-refractivity contribution is -0.114. The summed E-state index contributed by atoms with van der Waals surface area (Å²) >= 11 is 17.9. The van der Waals surface area contributed by atoms with E-state index in [2.05, 4.69) is 24.5 Å². The maximum Gasteiger partial charge on any atom is 0.243 e. The van der Waals surface area contributed by atoms with Crippen LogP contribution in [0.2, 0.25) is 15.1 Å². The Morgan fingerprint density at radius 1 is 1.08 bits per heavy atom. The first-order valence-electron chi connectivity index (χ1n) is 7.76. The third kappa shape index (κ3) is 6.31. The molecule has 0 aliphatic rings. The molecule has 7 heteroatoms. The smallest absolute Gasteiger partial charge is 0.243 e. The normalized spacial score (nSPS) is 10.6. The van der Waals surface area contributed by atoms with E-state index >= 15 is 0 Å². The molecule has 0 saturated heterocycles. The van der Waals surface area contributed by atoms with E-state index in [0.29, 0.717) is 44.7 Å². The summed E-state index contributed by atoms with van der Waals surface area (Å²) in [6.07, 6.45) is 0. The number of benzene rings is 2. The lowest BCUT2D eigenvalue weighted by Crippen LogP contribution is -2.21. The van der Waals surface area contributed by atoms with Crippen LogP contribution in [-0.2, 0) is 4.79 Å². The van der Waals surface area contributed by atoms with Crippen molar-refractivity contribution < 1.29 is 9.53 Å². The zero-order valence-electron chi connectivity index (χ0n) is 13.9. The van der Waals surface area contributed by atoms with Crippen molar-refractivity contribution in [1.29, 1.82) is 0 Å². The third-order valence-electron chi connectivity index (χ3n) is 3.15. The average molecular weight is 402 g/mol. The molecular formula is C18H19Cl3N2O2. The SMILES string of the molecule is CC(C)COc1cccc(NC(=O)CNc2cc(Cl)c(Cl)cc2Cl)c1. The summed E-state index contributed by atoms with van der Waals surface area (Å²) in [5, 5.41) is 6.86. The van der Waals surface area contributed by atoms with Crippen molar-refractivity contribution in [3.63, 3.8) is 0 Å². The Morgan fingerprint density at radius 3 is 2.52 bits per heavy atom. The number of ether oxygens (including phenoxy) is 1. The number of rotatable bonds is 7. The average Bonchev–Trinajstić information content (AvgIpc) is 2.55. The van der Waals surface area contributed by atoms with E-state index < -0.39 is 0 Å². The van der Waals surface area contributed by atoms with E-state index in [0.717, 1.165) is 0 Å². The van der Waals surface area contributed by atoms with Gasteiger partial charge < -0.3 is 15.4 Å². The van der Waals surface area contributed by atoms with Gasteiger partial charge in [-0.25, -0.2) is 0 Å². The van der Waals surface area contributed by atoms with Gasteiger partial charge >= 0.3 is 0 Å². The monoisotopic (exact) mass is 400 g/mol. The van der Waals surface area contributed by atoms with E-state index in [-0.39, 0.29) is 12.5 Å². The summed E-state index contributed by atoms with van der Waals surface area (Å²) in [5.74, 6) is 0.925. The van der Waals surface area contributed by atoms with E-state index in [4.69, 9.17) is 39.5 Å². The number of halogens is 3. The van der Waals surface area contributed by atoms with Crippen LogP contribution in [0.5, 0.6) is 5.75 Å². The quantitative estimate of drug-likeness (QED) is 0.582. The molecule has 0 aromatic heterocycles. The predicted molar refractivity (Wildman–Crippen MR) is 105 cm³/mol. The largest absolute Gasteiger partial charge is 0.493 e. The molecule has 0 unspecified atom stereocenters. The van der Waals surface area contributed by atoms with Crippen LogP contribution < -0.4 is 15.4 Å². The highest BCUT2D eigenvalue weighted by molar-refractivity contribution is 6.44. The maximum atomic E-state index is 12.1. The Labute approximate surface area is 162 Å². The van der Waals surface area contributed by atoms with E-state index in [1.54, 1.807) is 18.2 Å². The van der Waals surface area contributed by atoms with Crippen molar-refractivity contribution in [1.82, 2.24) is 0 Å². The molecule has 2 N–H and O–H groups in total. The molecule has 25 heavy (non-hydrogen) atoms. The summed E-state index contributed by atoms with van der Waals surface area (Å²) < 4.78 is 5.65. The van der Waals surface area contributed by atoms with Crippen molar-refractivity contribution in [2.75, 3.05) is 23.8 Å². The van der Waals surface area contributed by atoms with Crippen molar-refractivity contribution in [2.45, 2.75) is 13.8 Å². The van der Waals surface area contributed by atoms with Gasteiger partial charge in [-0.3, -0.25) is 4.79 Å². The molecule has 0 heterocycles. The molecule has 0 aliphatic heterocycles. The zero-order valence-corrected chi connectivity index (χ0v) is 16.2. The number of hydrogen-bond donors (Lipinski definition) is 2. The molecule has 0 bridgehead atoms. The van der Waals surface area contributed by atoms with E-state index in [1.807, 2.05) is 12.1 Å². The molecular weight excluding hydrogens is 383 g/mol. The number of nitrogens with one attached hydrogen (secondary N) is 2. The van der Waals surface area contributed by atoms with Gasteiger partial charge in [-0.15, -0.1) is 0 Å². The van der Waals surface area contributed by atoms with Crippen LogP contribution in [0.25, 0.3) is 0 Å². The van der Waals surface area contributed by atoms with Gasteiger partial charge in [0.1, 0.15) is 5.75 Å². The molecule has 0 radical (unpaired) electrons. The molecule has 4 nitrogen and oxygen atoms in total. The second-order valence-electron chi connectivity index (χ2n) is 5.88. The summed E-state index contributed by atoms with van der Waals surface area (Å²) in [6.45, 7) is 4.81. The van der Waals surface area contributed by atoms with Crippen LogP contribution in [-0.4, -0.2) is 19.1 Å². The van der Waals surface area contributed by atoms with Crippen LogP contribution in [0.15, 0.2) is 36.4 Å². The van der Waals surface area contributed by atoms with Crippen molar-refractivity contribution in [3.8, 4) is 5.75 Å². The topological polar surface area (TPSA) is 50.4 Å². The first kappa shape index (κ1) is 19.7. The molecule has 2 rings (SSSR count). The predicted octanol–water partition coefficient (Wildman–Crippen LogP) is 5.73. The lowest BCUT2D eigenvalue weighted by atomic mass is 10.2. The summed E-state index contributed by atoms with van der Waals surface area (Å²) in [4.78, 5) is 12.1. The fourth-order valence-corrected chi connectivity index (χ4v) is 2.58. The highest BCUT2D eigenvalue weighted by Gasteiger charge is 2.08. The minimum Gasteiger partial charge on any atom is -0.493 e. The van der Waals surface area contributed by atoms with Gasteiger partial charge in [-0.2, -0.15) is 0 Å². The zero-order chi connectivity index (χ0) is 18.4. The summed E-state index contributed by atoms with van der Waals surface area (Å²) in [7, 11) is 0. The van der Waals surface area contributed by atoms with Crippen molar-refractivity contribution in [3.05, 3.63) is 51.5 Å². The van der Waals surface area contributed by atoms with Gasteiger partial charge in [-0.1, -0.05) is 54.7 Å². The first-order valence-corrected chi connectivity index (χ1v) is 8.89. The highest BCUT2D eigenvalue weighted by atomic mass is 35.5. The minimum absolute atomic E-state index is 0.0365. The molecule has 2 aromatic rings. The van der Waals surface area contributed by atoms with Gasteiger partial charge in [0.05, 0.1) is 33.9 Å². The minimum atomic E-state index is -0.219. The molecule has 134 valence electrons. The maximum absolute atomic E-state index is 12.1. The number of amides is 1. The van der Waals surface area contributed by atoms with Crippen LogP contribution >= 0.6 is 34.8 Å². The van der Waals surface area contributed by atoms with Gasteiger partial charge in [0, 0.05) is 11.8 Å². The molecule has 2 aromatic carbocycles. The fraction of sp³-hybridized carbons (Fsp3) is 0.278. The molecule has 0 saturated carbocycles. The Balaban J connectivity index is 1.92. The Hall–Kier alpha value is -1.62. The molecule has 1 amide bonds. The summed E-state index contributed by atoms with van der Waals surface area (Å²) in [6, 6.07) is 10.4. The fourth-order valence-electron chi connectivity index (χ4n) is 1.97. The standard InChI is InChI=1S/C18H19Cl3N2O2/c1-11(2)10-25-13-5-3-4-12(6-13)23-18(24)9-22-17-8-15(20)14(19)7-16(17)21/h3-8,11,22H,9-10H2,1-2H3,(H,23,24). The van der Waals surface area contributed by atoms with Crippen molar-refractivity contribution >= 4 is 52.1 Å². The second-order valence-corrected chi connectivity index (χ2v) is 7.10. The van der Waals surface area contributed by atoms with E-state index in [1.165, 1.54) is 6.07 Å². The van der Waals surface area contributed by atoms with Crippen LogP contribution in [0.1, 0.15) is 13.8 Å². The van der Waals surface area contributed by atoms with Crippen LogP contribution in [0, 0.1) is 5.92 Å². The van der Waals surface area contributed by atoms with Crippen LogP contribution in [0.4, 0.5) is 11.4 Å². The van der Waals surface area contributed by atoms with Gasteiger partial charge in [-0.05, 0) is 30.2 Å². The Morgan fingerprint density at radius 2 is 1.80 bits per heavy atom. The molecule has 0 fully saturated rings. The van der Waals surface area contributed by atoms with Gasteiger partial charge in [0.15, 0.2) is 0 Å². The number of carbonyl (C=O) groups is 1. The first-order chi connectivity index (χ1) is 11.8.